The zero-order valence-electron chi connectivity index (χ0n) is 14.8. The number of rotatable bonds is 1. The molecule has 6 heteroatoms. The van der Waals surface area contributed by atoms with E-state index < -0.39 is 5.60 Å². The SMILES string of the molecule is Cc1ccc(N2CC3CN(C(=O)OC(C)(C)C)CC3CC2=O)cn1. The molecule has 24 heavy (non-hydrogen) atoms. The van der Waals surface area contributed by atoms with Gasteiger partial charge in [-0.1, -0.05) is 0 Å². The Morgan fingerprint density at radius 1 is 1.21 bits per heavy atom. The number of hydrogen-bond donors (Lipinski definition) is 0. The van der Waals surface area contributed by atoms with Crippen molar-refractivity contribution in [3.8, 4) is 0 Å². The normalized spacial score (nSPS) is 24.1. The molecule has 0 radical (unpaired) electrons. The van der Waals surface area contributed by atoms with Crippen LogP contribution in [0.15, 0.2) is 18.3 Å². The summed E-state index contributed by atoms with van der Waals surface area (Å²) in [5, 5.41) is 0. The van der Waals surface area contributed by atoms with Crippen molar-refractivity contribution >= 4 is 17.7 Å². The van der Waals surface area contributed by atoms with Gasteiger partial charge in [-0.05, 0) is 51.7 Å². The molecule has 1 aromatic rings. The smallest absolute Gasteiger partial charge is 0.410 e. The number of piperidine rings is 1. The number of aryl methyl sites for hydroxylation is 1. The van der Waals surface area contributed by atoms with Gasteiger partial charge in [0, 0.05) is 31.7 Å². The molecule has 2 unspecified atom stereocenters. The monoisotopic (exact) mass is 331 g/mol. The molecule has 0 bridgehead atoms. The average molecular weight is 331 g/mol. The molecule has 0 spiro atoms. The van der Waals surface area contributed by atoms with Crippen LogP contribution in [0, 0.1) is 18.8 Å². The van der Waals surface area contributed by atoms with Crippen LogP contribution in [0.4, 0.5) is 10.5 Å². The molecule has 3 heterocycles. The number of carbonyl (C=O) groups excluding carboxylic acids is 2. The summed E-state index contributed by atoms with van der Waals surface area (Å²) >= 11 is 0. The molecule has 2 aliphatic heterocycles. The van der Waals surface area contributed by atoms with Crippen LogP contribution in [0.2, 0.25) is 0 Å². The average Bonchev–Trinajstić information content (AvgIpc) is 2.88. The minimum Gasteiger partial charge on any atom is -0.444 e. The Hall–Kier alpha value is -2.11. The van der Waals surface area contributed by atoms with Gasteiger partial charge in [-0.2, -0.15) is 0 Å². The van der Waals surface area contributed by atoms with Crippen molar-refractivity contribution in [3.63, 3.8) is 0 Å². The van der Waals surface area contributed by atoms with Gasteiger partial charge in [-0.3, -0.25) is 9.78 Å². The number of ether oxygens (including phenoxy) is 1. The summed E-state index contributed by atoms with van der Waals surface area (Å²) in [4.78, 5) is 32.6. The van der Waals surface area contributed by atoms with Gasteiger partial charge >= 0.3 is 6.09 Å². The lowest BCUT2D eigenvalue weighted by molar-refractivity contribution is -0.121. The van der Waals surface area contributed by atoms with E-state index in [4.69, 9.17) is 4.74 Å². The molecular weight excluding hydrogens is 306 g/mol. The van der Waals surface area contributed by atoms with Gasteiger partial charge in [0.15, 0.2) is 0 Å². The zero-order valence-corrected chi connectivity index (χ0v) is 14.8. The maximum Gasteiger partial charge on any atom is 0.410 e. The lowest BCUT2D eigenvalue weighted by Crippen LogP contribution is -2.44. The highest BCUT2D eigenvalue weighted by Crippen LogP contribution is 2.34. The summed E-state index contributed by atoms with van der Waals surface area (Å²) < 4.78 is 5.46. The van der Waals surface area contributed by atoms with E-state index in [1.165, 1.54) is 0 Å². The summed E-state index contributed by atoms with van der Waals surface area (Å²) in [6, 6.07) is 3.84. The summed E-state index contributed by atoms with van der Waals surface area (Å²) in [6.45, 7) is 9.39. The van der Waals surface area contributed by atoms with Gasteiger partial charge in [0.05, 0.1) is 11.9 Å². The predicted molar refractivity (Wildman–Crippen MR) is 90.7 cm³/mol. The molecule has 2 atom stereocenters. The van der Waals surface area contributed by atoms with E-state index in [0.29, 0.717) is 26.1 Å². The van der Waals surface area contributed by atoms with Crippen molar-refractivity contribution in [2.45, 2.75) is 39.7 Å². The van der Waals surface area contributed by atoms with Crippen LogP contribution < -0.4 is 4.90 Å². The minimum atomic E-state index is -0.500. The van der Waals surface area contributed by atoms with Crippen LogP contribution in [0.3, 0.4) is 0 Å². The summed E-state index contributed by atoms with van der Waals surface area (Å²) in [7, 11) is 0. The molecule has 0 N–H and O–H groups in total. The van der Waals surface area contributed by atoms with E-state index in [9.17, 15) is 9.59 Å². The maximum absolute atomic E-state index is 12.5. The van der Waals surface area contributed by atoms with Crippen molar-refractivity contribution in [1.29, 1.82) is 0 Å². The Kier molecular flexibility index (Phi) is 4.24. The first kappa shape index (κ1) is 16.7. The van der Waals surface area contributed by atoms with E-state index in [2.05, 4.69) is 4.98 Å². The van der Waals surface area contributed by atoms with Gasteiger partial charge in [0.25, 0.3) is 0 Å². The first-order valence-electron chi connectivity index (χ1n) is 8.44. The second-order valence-corrected chi connectivity index (χ2v) is 7.77. The second kappa shape index (κ2) is 6.07. The number of aromatic nitrogens is 1. The third kappa shape index (κ3) is 3.52. The molecule has 2 aliphatic rings. The predicted octanol–water partition coefficient (Wildman–Crippen LogP) is 2.61. The molecule has 0 aromatic carbocycles. The van der Waals surface area contributed by atoms with Crippen molar-refractivity contribution in [3.05, 3.63) is 24.0 Å². The van der Waals surface area contributed by atoms with Crippen LogP contribution in [-0.2, 0) is 9.53 Å². The number of anilines is 1. The molecule has 3 rings (SSSR count). The highest BCUT2D eigenvalue weighted by Gasteiger charge is 2.43. The lowest BCUT2D eigenvalue weighted by atomic mass is 9.88. The topological polar surface area (TPSA) is 62.7 Å². The Morgan fingerprint density at radius 3 is 2.54 bits per heavy atom. The van der Waals surface area contributed by atoms with Gasteiger partial charge in [0.1, 0.15) is 5.60 Å². The third-order valence-corrected chi connectivity index (χ3v) is 4.59. The summed E-state index contributed by atoms with van der Waals surface area (Å²) in [6.07, 6.45) is 1.93. The van der Waals surface area contributed by atoms with Crippen LogP contribution in [0.1, 0.15) is 32.9 Å². The molecule has 0 saturated carbocycles. The number of hydrogen-bond acceptors (Lipinski definition) is 4. The quantitative estimate of drug-likeness (QED) is 0.793. The number of amides is 2. The number of carbonyl (C=O) groups is 2. The number of nitrogens with zero attached hydrogens (tertiary/aromatic N) is 3. The highest BCUT2D eigenvalue weighted by atomic mass is 16.6. The van der Waals surface area contributed by atoms with Crippen LogP contribution in [-0.4, -0.2) is 47.1 Å². The third-order valence-electron chi connectivity index (χ3n) is 4.59. The van der Waals surface area contributed by atoms with Crippen molar-refractivity contribution < 1.29 is 14.3 Å². The first-order valence-corrected chi connectivity index (χ1v) is 8.44. The van der Waals surface area contributed by atoms with Gasteiger partial charge < -0.3 is 14.5 Å². The first-order chi connectivity index (χ1) is 11.2. The van der Waals surface area contributed by atoms with Crippen LogP contribution in [0.25, 0.3) is 0 Å². The fourth-order valence-corrected chi connectivity index (χ4v) is 3.39. The maximum atomic E-state index is 12.5. The molecule has 2 saturated heterocycles. The second-order valence-electron chi connectivity index (χ2n) is 7.77. The van der Waals surface area contributed by atoms with E-state index in [1.807, 2.05) is 39.8 Å². The van der Waals surface area contributed by atoms with Gasteiger partial charge in [-0.25, -0.2) is 4.79 Å². The number of pyridine rings is 1. The van der Waals surface area contributed by atoms with E-state index in [-0.39, 0.29) is 23.8 Å². The Balaban J connectivity index is 1.68. The standard InChI is InChI=1S/C18H25N3O3/c1-12-5-6-15(8-19-12)21-11-14-10-20(9-13(14)7-16(21)22)17(23)24-18(2,3)4/h5-6,8,13-14H,7,9-11H2,1-4H3. The molecule has 2 fully saturated rings. The van der Waals surface area contributed by atoms with Crippen LogP contribution >= 0.6 is 0 Å². The molecule has 1 aromatic heterocycles. The molecule has 130 valence electrons. The highest BCUT2D eigenvalue weighted by molar-refractivity contribution is 5.94. The Morgan fingerprint density at radius 2 is 1.92 bits per heavy atom. The molecule has 0 aliphatic carbocycles. The Bertz CT molecular complexity index is 636. The number of likely N-dealkylation sites (tertiary alicyclic amines) is 1. The largest absolute Gasteiger partial charge is 0.444 e. The van der Waals surface area contributed by atoms with Gasteiger partial charge in [0.2, 0.25) is 5.91 Å². The van der Waals surface area contributed by atoms with E-state index in [0.717, 1.165) is 11.4 Å². The Labute approximate surface area is 142 Å². The van der Waals surface area contributed by atoms with E-state index in [1.54, 1.807) is 16.0 Å². The van der Waals surface area contributed by atoms with Crippen molar-refractivity contribution in [1.82, 2.24) is 9.88 Å². The van der Waals surface area contributed by atoms with Crippen LogP contribution in [0.5, 0.6) is 0 Å². The number of fused-ring (bicyclic) bond motifs is 1. The van der Waals surface area contributed by atoms with E-state index >= 15 is 0 Å². The fraction of sp³-hybridized carbons (Fsp3) is 0.611. The zero-order chi connectivity index (χ0) is 17.5. The van der Waals surface area contributed by atoms with Crippen molar-refractivity contribution in [2.75, 3.05) is 24.5 Å². The molecule has 2 amide bonds. The van der Waals surface area contributed by atoms with Gasteiger partial charge in [-0.15, -0.1) is 0 Å². The summed E-state index contributed by atoms with van der Waals surface area (Å²) in [5.74, 6) is 0.615. The fourth-order valence-electron chi connectivity index (χ4n) is 3.39. The summed E-state index contributed by atoms with van der Waals surface area (Å²) in [5.41, 5.74) is 1.26. The molecule has 6 nitrogen and oxygen atoms in total. The van der Waals surface area contributed by atoms with Crippen molar-refractivity contribution in [2.24, 2.45) is 11.8 Å². The molecular formula is C18H25N3O3. The lowest BCUT2D eigenvalue weighted by Gasteiger charge is -2.33. The minimum absolute atomic E-state index is 0.105.